The summed E-state index contributed by atoms with van der Waals surface area (Å²) in [5.41, 5.74) is 1.27. The monoisotopic (exact) mass is 198 g/mol. The molecule has 0 fully saturated rings. The van der Waals surface area contributed by atoms with E-state index in [1.165, 1.54) is 0 Å². The van der Waals surface area contributed by atoms with E-state index in [0.717, 1.165) is 5.56 Å². The van der Waals surface area contributed by atoms with Crippen LogP contribution in [0.1, 0.15) is 57.2 Å². The van der Waals surface area contributed by atoms with Crippen molar-refractivity contribution in [1.82, 2.24) is 9.78 Å². The highest BCUT2D eigenvalue weighted by Gasteiger charge is 2.18. The van der Waals surface area contributed by atoms with Crippen LogP contribution in [0, 0.1) is 0 Å². The summed E-state index contributed by atoms with van der Waals surface area (Å²) >= 11 is 0. The van der Waals surface area contributed by atoms with E-state index in [1.54, 1.807) is 4.68 Å². The normalized spacial score (nSPS) is 12.1. The Balaban J connectivity index is 3.12. The number of rotatable bonds is 3. The third-order valence-electron chi connectivity index (χ3n) is 2.19. The fourth-order valence-electron chi connectivity index (χ4n) is 1.33. The molecule has 1 aromatic heterocycles. The van der Waals surface area contributed by atoms with Gasteiger partial charge in [-0.25, -0.2) is 0 Å². The summed E-state index contributed by atoms with van der Waals surface area (Å²) in [7, 11) is 0. The lowest BCUT2D eigenvalue weighted by molar-refractivity contribution is -0.0470. The maximum atomic E-state index is 9.13. The summed E-state index contributed by atoms with van der Waals surface area (Å²) in [5.74, 6) is 0.249. The van der Waals surface area contributed by atoms with Gasteiger partial charge in [-0.2, -0.15) is 5.10 Å². The van der Waals surface area contributed by atoms with E-state index in [9.17, 15) is 0 Å². The standard InChI is InChI=1S/C10H18N2O2/c1-6(2)8-5-12(7(3)4)11-9(8)10(13)14/h5-7,10,13-14H,1-4H3. The number of aliphatic hydroxyl groups excluding tert-OH is 1. The number of nitrogens with zero attached hydrogens (tertiary/aromatic N) is 2. The zero-order valence-corrected chi connectivity index (χ0v) is 9.10. The average molecular weight is 198 g/mol. The first-order chi connectivity index (χ1) is 6.43. The van der Waals surface area contributed by atoms with E-state index in [4.69, 9.17) is 10.2 Å². The summed E-state index contributed by atoms with van der Waals surface area (Å²) in [6.07, 6.45) is 0.400. The van der Waals surface area contributed by atoms with Gasteiger partial charge in [-0.3, -0.25) is 4.68 Å². The summed E-state index contributed by atoms with van der Waals surface area (Å²) in [4.78, 5) is 0. The molecule has 0 atom stereocenters. The largest absolute Gasteiger partial charge is 0.363 e. The molecule has 0 bridgehead atoms. The van der Waals surface area contributed by atoms with E-state index >= 15 is 0 Å². The van der Waals surface area contributed by atoms with Crippen LogP contribution in [0.2, 0.25) is 0 Å². The second-order valence-corrected chi connectivity index (χ2v) is 4.07. The highest BCUT2D eigenvalue weighted by molar-refractivity contribution is 5.21. The summed E-state index contributed by atoms with van der Waals surface area (Å²) in [6.45, 7) is 8.02. The molecule has 0 aromatic carbocycles. The molecule has 2 N–H and O–H groups in total. The van der Waals surface area contributed by atoms with Gasteiger partial charge in [-0.15, -0.1) is 0 Å². The Bertz CT molecular complexity index is 278. The Morgan fingerprint density at radius 3 is 2.07 bits per heavy atom. The fourth-order valence-corrected chi connectivity index (χ4v) is 1.33. The van der Waals surface area contributed by atoms with Gasteiger partial charge in [-0.05, 0) is 19.8 Å². The average Bonchev–Trinajstić information content (AvgIpc) is 2.47. The SMILES string of the molecule is CC(C)c1cn(C(C)C)nc1C(O)O. The molecule has 1 aromatic rings. The van der Waals surface area contributed by atoms with Crippen LogP contribution in [0.25, 0.3) is 0 Å². The zero-order chi connectivity index (χ0) is 10.9. The van der Waals surface area contributed by atoms with Crippen molar-refractivity contribution in [3.63, 3.8) is 0 Å². The lowest BCUT2D eigenvalue weighted by Crippen LogP contribution is -2.04. The highest BCUT2D eigenvalue weighted by Crippen LogP contribution is 2.23. The van der Waals surface area contributed by atoms with Crippen molar-refractivity contribution >= 4 is 0 Å². The number of hydrogen-bond acceptors (Lipinski definition) is 3. The van der Waals surface area contributed by atoms with Gasteiger partial charge in [0.25, 0.3) is 0 Å². The zero-order valence-electron chi connectivity index (χ0n) is 9.10. The molecule has 0 aliphatic heterocycles. The Kier molecular flexibility index (Phi) is 3.29. The summed E-state index contributed by atoms with van der Waals surface area (Å²) < 4.78 is 1.75. The van der Waals surface area contributed by atoms with E-state index in [1.807, 2.05) is 33.9 Å². The van der Waals surface area contributed by atoms with Crippen LogP contribution < -0.4 is 0 Å². The third kappa shape index (κ3) is 2.13. The predicted octanol–water partition coefficient (Wildman–Crippen LogP) is 1.57. The van der Waals surface area contributed by atoms with Crippen LogP contribution in [-0.2, 0) is 0 Å². The van der Waals surface area contributed by atoms with Crippen molar-refractivity contribution in [2.45, 2.75) is 45.9 Å². The molecule has 4 heteroatoms. The van der Waals surface area contributed by atoms with Gasteiger partial charge in [0.05, 0.1) is 0 Å². The smallest absolute Gasteiger partial charge is 0.198 e. The topological polar surface area (TPSA) is 58.3 Å². The molecule has 4 nitrogen and oxygen atoms in total. The van der Waals surface area contributed by atoms with Gasteiger partial charge < -0.3 is 10.2 Å². The van der Waals surface area contributed by atoms with Gasteiger partial charge in [-0.1, -0.05) is 13.8 Å². The first-order valence-corrected chi connectivity index (χ1v) is 4.88. The molecule has 1 rings (SSSR count). The highest BCUT2D eigenvalue weighted by atomic mass is 16.5. The minimum atomic E-state index is -1.48. The molecule has 0 saturated carbocycles. The molecule has 14 heavy (non-hydrogen) atoms. The van der Waals surface area contributed by atoms with Crippen molar-refractivity contribution in [2.24, 2.45) is 0 Å². The van der Waals surface area contributed by atoms with Crippen LogP contribution in [-0.4, -0.2) is 20.0 Å². The Labute approximate surface area is 84.2 Å². The second kappa shape index (κ2) is 4.11. The molecule has 0 radical (unpaired) electrons. The Morgan fingerprint density at radius 1 is 1.21 bits per heavy atom. The van der Waals surface area contributed by atoms with Gasteiger partial charge in [0.2, 0.25) is 0 Å². The Morgan fingerprint density at radius 2 is 1.79 bits per heavy atom. The lowest BCUT2D eigenvalue weighted by Gasteiger charge is -2.05. The summed E-state index contributed by atoms with van der Waals surface area (Å²) in [5, 5.41) is 22.4. The van der Waals surface area contributed by atoms with Gasteiger partial charge in [0.15, 0.2) is 6.29 Å². The lowest BCUT2D eigenvalue weighted by atomic mass is 10.0. The van der Waals surface area contributed by atoms with E-state index in [-0.39, 0.29) is 12.0 Å². The maximum Gasteiger partial charge on any atom is 0.198 e. The predicted molar refractivity (Wildman–Crippen MR) is 53.9 cm³/mol. The van der Waals surface area contributed by atoms with Gasteiger partial charge in [0, 0.05) is 17.8 Å². The Hall–Kier alpha value is -0.870. The van der Waals surface area contributed by atoms with Crippen LogP contribution in [0.3, 0.4) is 0 Å². The van der Waals surface area contributed by atoms with Crippen LogP contribution in [0.4, 0.5) is 0 Å². The van der Waals surface area contributed by atoms with Crippen molar-refractivity contribution in [1.29, 1.82) is 0 Å². The molecular formula is C10H18N2O2. The number of hydrogen-bond donors (Lipinski definition) is 2. The molecule has 0 amide bonds. The number of aliphatic hydroxyl groups is 2. The summed E-state index contributed by atoms with van der Waals surface area (Å²) in [6, 6.07) is 0.236. The van der Waals surface area contributed by atoms with Gasteiger partial charge in [0.1, 0.15) is 5.69 Å². The number of aromatic nitrogens is 2. The van der Waals surface area contributed by atoms with Crippen molar-refractivity contribution in [3.05, 3.63) is 17.5 Å². The van der Waals surface area contributed by atoms with E-state index < -0.39 is 6.29 Å². The van der Waals surface area contributed by atoms with Crippen LogP contribution >= 0.6 is 0 Å². The molecule has 0 spiro atoms. The third-order valence-corrected chi connectivity index (χ3v) is 2.19. The minimum Gasteiger partial charge on any atom is -0.363 e. The molecule has 0 aliphatic rings. The minimum absolute atomic E-state index is 0.236. The molecule has 0 saturated heterocycles. The van der Waals surface area contributed by atoms with Crippen molar-refractivity contribution < 1.29 is 10.2 Å². The van der Waals surface area contributed by atoms with Crippen LogP contribution in [0.5, 0.6) is 0 Å². The first-order valence-electron chi connectivity index (χ1n) is 4.88. The molecule has 80 valence electrons. The quantitative estimate of drug-likeness (QED) is 0.725. The second-order valence-electron chi connectivity index (χ2n) is 4.07. The van der Waals surface area contributed by atoms with Crippen molar-refractivity contribution in [3.8, 4) is 0 Å². The fraction of sp³-hybridized carbons (Fsp3) is 0.700. The molecule has 0 aliphatic carbocycles. The molecule has 0 unspecified atom stereocenters. The maximum absolute atomic E-state index is 9.13. The van der Waals surface area contributed by atoms with E-state index in [0.29, 0.717) is 5.69 Å². The van der Waals surface area contributed by atoms with Crippen molar-refractivity contribution in [2.75, 3.05) is 0 Å². The first kappa shape index (κ1) is 11.2. The van der Waals surface area contributed by atoms with E-state index in [2.05, 4.69) is 5.10 Å². The van der Waals surface area contributed by atoms with Gasteiger partial charge >= 0.3 is 0 Å². The molecule has 1 heterocycles. The molecular weight excluding hydrogens is 180 g/mol. The van der Waals surface area contributed by atoms with Crippen LogP contribution in [0.15, 0.2) is 6.20 Å².